The lowest BCUT2D eigenvalue weighted by molar-refractivity contribution is 0.692. The Morgan fingerprint density at radius 2 is 1.57 bits per heavy atom. The molecule has 106 valence electrons. The fourth-order valence-corrected chi connectivity index (χ4v) is 2.63. The van der Waals surface area contributed by atoms with Crippen molar-refractivity contribution < 1.29 is 0 Å². The molecule has 1 N–H and O–H groups in total. The highest BCUT2D eigenvalue weighted by Gasteiger charge is 2.12. The Bertz CT molecular complexity index is 735. The maximum Gasteiger partial charge on any atom is 0.0890 e. The summed E-state index contributed by atoms with van der Waals surface area (Å²) >= 11 is 0. The van der Waals surface area contributed by atoms with E-state index >= 15 is 0 Å². The van der Waals surface area contributed by atoms with E-state index in [-0.39, 0.29) is 6.04 Å². The van der Waals surface area contributed by atoms with Crippen molar-refractivity contribution in [2.75, 3.05) is 7.05 Å². The molecular formula is C18H19N3. The maximum absolute atomic E-state index is 4.39. The molecule has 3 aromatic rings. The minimum Gasteiger partial charge on any atom is -0.309 e. The van der Waals surface area contributed by atoms with E-state index in [1.807, 2.05) is 13.1 Å². The first kappa shape index (κ1) is 13.7. The van der Waals surface area contributed by atoms with Gasteiger partial charge in [-0.15, -0.1) is 0 Å². The summed E-state index contributed by atoms with van der Waals surface area (Å²) < 4.78 is 0. The lowest BCUT2D eigenvalue weighted by Gasteiger charge is -2.18. The highest BCUT2D eigenvalue weighted by molar-refractivity contribution is 5.74. The smallest absolute Gasteiger partial charge is 0.0890 e. The number of hydrogen-bond donors (Lipinski definition) is 1. The number of benzene rings is 2. The molecule has 3 nitrogen and oxygen atoms in total. The van der Waals surface area contributed by atoms with Crippen LogP contribution in [0.15, 0.2) is 54.9 Å². The quantitative estimate of drug-likeness (QED) is 0.793. The number of rotatable bonds is 4. The van der Waals surface area contributed by atoms with E-state index in [9.17, 15) is 0 Å². The number of aryl methyl sites for hydroxylation is 1. The topological polar surface area (TPSA) is 37.8 Å². The van der Waals surface area contributed by atoms with Crippen molar-refractivity contribution in [2.24, 2.45) is 0 Å². The van der Waals surface area contributed by atoms with Crippen LogP contribution in [0.4, 0.5) is 0 Å². The largest absolute Gasteiger partial charge is 0.309 e. The van der Waals surface area contributed by atoms with Gasteiger partial charge in [0.2, 0.25) is 0 Å². The number of aromatic nitrogens is 2. The Kier molecular flexibility index (Phi) is 3.93. The molecule has 0 aliphatic heterocycles. The predicted octanol–water partition coefficient (Wildman–Crippen LogP) is 3.50. The zero-order valence-electron chi connectivity index (χ0n) is 12.4. The zero-order chi connectivity index (χ0) is 14.7. The Hall–Kier alpha value is -2.26. The minimum absolute atomic E-state index is 0.169. The second-order valence-corrected chi connectivity index (χ2v) is 5.12. The molecule has 2 aromatic carbocycles. The van der Waals surface area contributed by atoms with Gasteiger partial charge in [-0.3, -0.25) is 9.97 Å². The highest BCUT2D eigenvalue weighted by Crippen LogP contribution is 2.24. The SMILES string of the molecule is CCc1ccc(C(NC)c2ccc3nccnc3c2)cc1. The molecule has 0 radical (unpaired) electrons. The molecular weight excluding hydrogens is 258 g/mol. The van der Waals surface area contributed by atoms with Crippen molar-refractivity contribution in [2.45, 2.75) is 19.4 Å². The van der Waals surface area contributed by atoms with Crippen molar-refractivity contribution in [3.63, 3.8) is 0 Å². The average Bonchev–Trinajstić information content (AvgIpc) is 2.56. The van der Waals surface area contributed by atoms with Crippen LogP contribution in [0.5, 0.6) is 0 Å². The Balaban J connectivity index is 2.00. The van der Waals surface area contributed by atoms with Crippen LogP contribution in [0.25, 0.3) is 11.0 Å². The van der Waals surface area contributed by atoms with Gasteiger partial charge in [0, 0.05) is 12.4 Å². The van der Waals surface area contributed by atoms with Crippen molar-refractivity contribution in [3.8, 4) is 0 Å². The summed E-state index contributed by atoms with van der Waals surface area (Å²) in [6.45, 7) is 2.17. The Morgan fingerprint density at radius 3 is 2.24 bits per heavy atom. The van der Waals surface area contributed by atoms with E-state index in [1.54, 1.807) is 12.4 Å². The molecule has 3 rings (SSSR count). The van der Waals surface area contributed by atoms with Gasteiger partial charge < -0.3 is 5.32 Å². The van der Waals surface area contributed by atoms with E-state index < -0.39 is 0 Å². The van der Waals surface area contributed by atoms with Crippen molar-refractivity contribution in [1.29, 1.82) is 0 Å². The van der Waals surface area contributed by atoms with Crippen molar-refractivity contribution >= 4 is 11.0 Å². The first-order valence-electron chi connectivity index (χ1n) is 7.28. The second kappa shape index (κ2) is 6.02. The fourth-order valence-electron chi connectivity index (χ4n) is 2.63. The average molecular weight is 277 g/mol. The van der Waals surface area contributed by atoms with Gasteiger partial charge in [0.05, 0.1) is 17.1 Å². The van der Waals surface area contributed by atoms with Gasteiger partial charge in [-0.25, -0.2) is 0 Å². The summed E-state index contributed by atoms with van der Waals surface area (Å²) in [5.41, 5.74) is 5.68. The molecule has 0 spiro atoms. The van der Waals surface area contributed by atoms with Gasteiger partial charge in [-0.05, 0) is 42.3 Å². The number of fused-ring (bicyclic) bond motifs is 1. The van der Waals surface area contributed by atoms with Crippen LogP contribution < -0.4 is 5.32 Å². The summed E-state index contributed by atoms with van der Waals surface area (Å²) in [4.78, 5) is 8.71. The third kappa shape index (κ3) is 2.78. The van der Waals surface area contributed by atoms with E-state index in [0.717, 1.165) is 17.5 Å². The highest BCUT2D eigenvalue weighted by atomic mass is 14.9. The van der Waals surface area contributed by atoms with Gasteiger partial charge in [0.15, 0.2) is 0 Å². The summed E-state index contributed by atoms with van der Waals surface area (Å²) in [6.07, 6.45) is 4.52. The second-order valence-electron chi connectivity index (χ2n) is 5.12. The van der Waals surface area contributed by atoms with Crippen LogP contribution in [0.2, 0.25) is 0 Å². The van der Waals surface area contributed by atoms with Crippen LogP contribution in [0.1, 0.15) is 29.7 Å². The molecule has 1 heterocycles. The minimum atomic E-state index is 0.169. The third-order valence-corrected chi connectivity index (χ3v) is 3.84. The number of nitrogens with one attached hydrogen (secondary N) is 1. The molecule has 0 saturated heterocycles. The van der Waals surface area contributed by atoms with Crippen molar-refractivity contribution in [1.82, 2.24) is 15.3 Å². The molecule has 0 fully saturated rings. The Labute approximate surface area is 125 Å². The van der Waals surface area contributed by atoms with Gasteiger partial charge >= 0.3 is 0 Å². The van der Waals surface area contributed by atoms with E-state index in [1.165, 1.54) is 16.7 Å². The molecule has 0 bridgehead atoms. The zero-order valence-corrected chi connectivity index (χ0v) is 12.4. The third-order valence-electron chi connectivity index (χ3n) is 3.84. The van der Waals surface area contributed by atoms with E-state index in [0.29, 0.717) is 0 Å². The van der Waals surface area contributed by atoms with Crippen LogP contribution in [-0.4, -0.2) is 17.0 Å². The van der Waals surface area contributed by atoms with Crippen LogP contribution >= 0.6 is 0 Å². The first-order valence-corrected chi connectivity index (χ1v) is 7.28. The monoisotopic (exact) mass is 277 g/mol. The van der Waals surface area contributed by atoms with Crippen LogP contribution in [0, 0.1) is 0 Å². The fraction of sp³-hybridized carbons (Fsp3) is 0.222. The molecule has 0 amide bonds. The van der Waals surface area contributed by atoms with Crippen LogP contribution in [-0.2, 0) is 6.42 Å². The normalized spacial score (nSPS) is 12.5. The summed E-state index contributed by atoms with van der Waals surface area (Å²) in [5.74, 6) is 0. The summed E-state index contributed by atoms with van der Waals surface area (Å²) in [6, 6.07) is 15.2. The van der Waals surface area contributed by atoms with Gasteiger partial charge in [0.25, 0.3) is 0 Å². The molecule has 1 atom stereocenters. The number of hydrogen-bond acceptors (Lipinski definition) is 3. The first-order chi connectivity index (χ1) is 10.3. The van der Waals surface area contributed by atoms with Crippen LogP contribution in [0.3, 0.4) is 0 Å². The summed E-state index contributed by atoms with van der Waals surface area (Å²) in [7, 11) is 1.99. The van der Waals surface area contributed by atoms with E-state index in [4.69, 9.17) is 0 Å². The predicted molar refractivity (Wildman–Crippen MR) is 86.3 cm³/mol. The summed E-state index contributed by atoms with van der Waals surface area (Å²) in [5, 5.41) is 3.39. The molecule has 0 saturated carbocycles. The molecule has 1 aromatic heterocycles. The molecule has 1 unspecified atom stereocenters. The van der Waals surface area contributed by atoms with E-state index in [2.05, 4.69) is 58.6 Å². The van der Waals surface area contributed by atoms with Gasteiger partial charge in [0.1, 0.15) is 0 Å². The molecule has 3 heteroatoms. The maximum atomic E-state index is 4.39. The molecule has 0 aliphatic rings. The lowest BCUT2D eigenvalue weighted by atomic mass is 9.97. The van der Waals surface area contributed by atoms with Crippen molar-refractivity contribution in [3.05, 3.63) is 71.5 Å². The molecule has 21 heavy (non-hydrogen) atoms. The Morgan fingerprint density at radius 1 is 0.905 bits per heavy atom. The molecule has 0 aliphatic carbocycles. The van der Waals surface area contributed by atoms with Gasteiger partial charge in [-0.1, -0.05) is 37.3 Å². The van der Waals surface area contributed by atoms with Gasteiger partial charge in [-0.2, -0.15) is 0 Å². The number of nitrogens with zero attached hydrogens (tertiary/aromatic N) is 2. The standard InChI is InChI=1S/C18H19N3/c1-3-13-4-6-14(7-5-13)18(19-2)15-8-9-16-17(12-15)21-11-10-20-16/h4-12,18-19H,3H2,1-2H3. The lowest BCUT2D eigenvalue weighted by Crippen LogP contribution is -2.17.